The molecule has 0 saturated heterocycles. The second-order valence-corrected chi connectivity index (χ2v) is 5.52. The molecule has 0 bridgehead atoms. The van der Waals surface area contributed by atoms with Crippen LogP contribution in [0.15, 0.2) is 18.2 Å². The summed E-state index contributed by atoms with van der Waals surface area (Å²) in [6, 6.07) is 6.78. The van der Waals surface area contributed by atoms with Crippen molar-refractivity contribution in [1.82, 2.24) is 5.32 Å². The predicted molar refractivity (Wildman–Crippen MR) is 81.7 cm³/mol. The number of ether oxygens (including phenoxy) is 1. The molecule has 0 amide bonds. The molecule has 0 fully saturated rings. The van der Waals surface area contributed by atoms with E-state index in [2.05, 4.69) is 37.4 Å². The fraction of sp³-hybridized carbons (Fsp3) is 0.625. The molecule has 0 saturated carbocycles. The average molecular weight is 264 g/mol. The van der Waals surface area contributed by atoms with Gasteiger partial charge in [-0.25, -0.2) is 0 Å². The molecule has 0 aliphatic heterocycles. The van der Waals surface area contributed by atoms with Crippen LogP contribution in [0.5, 0.6) is 5.75 Å². The zero-order valence-corrected chi connectivity index (χ0v) is 12.7. The van der Waals surface area contributed by atoms with E-state index in [9.17, 15) is 0 Å². The second-order valence-electron chi connectivity index (χ2n) is 5.52. The van der Waals surface area contributed by atoms with Crippen molar-refractivity contribution in [3.63, 3.8) is 0 Å². The van der Waals surface area contributed by atoms with Crippen LogP contribution in [0.25, 0.3) is 0 Å². The van der Waals surface area contributed by atoms with Crippen LogP contribution >= 0.6 is 0 Å². The number of hydrogen-bond donors (Lipinski definition) is 2. The van der Waals surface area contributed by atoms with E-state index < -0.39 is 0 Å². The first-order chi connectivity index (χ1) is 9.04. The van der Waals surface area contributed by atoms with Crippen molar-refractivity contribution in [1.29, 1.82) is 0 Å². The van der Waals surface area contributed by atoms with Crippen molar-refractivity contribution in [3.8, 4) is 5.75 Å². The lowest BCUT2D eigenvalue weighted by molar-refractivity contribution is 0.406. The van der Waals surface area contributed by atoms with Gasteiger partial charge in [-0.05, 0) is 43.9 Å². The summed E-state index contributed by atoms with van der Waals surface area (Å²) >= 11 is 0. The maximum absolute atomic E-state index is 5.73. The van der Waals surface area contributed by atoms with Crippen LogP contribution in [0.2, 0.25) is 0 Å². The predicted octanol–water partition coefficient (Wildman–Crippen LogP) is 3.04. The smallest absolute Gasteiger partial charge is 0.123 e. The number of methoxy groups -OCH3 is 1. The summed E-state index contributed by atoms with van der Waals surface area (Å²) in [6.45, 7) is 8.28. The van der Waals surface area contributed by atoms with Crippen molar-refractivity contribution >= 4 is 0 Å². The van der Waals surface area contributed by atoms with Gasteiger partial charge in [0.15, 0.2) is 0 Å². The molecule has 0 aromatic heterocycles. The molecule has 19 heavy (non-hydrogen) atoms. The quantitative estimate of drug-likeness (QED) is 0.709. The van der Waals surface area contributed by atoms with Crippen molar-refractivity contribution < 1.29 is 4.74 Å². The van der Waals surface area contributed by atoms with Crippen molar-refractivity contribution in [2.75, 3.05) is 13.7 Å². The van der Waals surface area contributed by atoms with E-state index in [-0.39, 0.29) is 0 Å². The van der Waals surface area contributed by atoms with E-state index in [4.69, 9.17) is 10.5 Å². The lowest BCUT2D eigenvalue weighted by Gasteiger charge is -2.13. The molecular formula is C16H28N2O. The van der Waals surface area contributed by atoms with Gasteiger partial charge in [-0.1, -0.05) is 26.0 Å². The third kappa shape index (κ3) is 5.62. The van der Waals surface area contributed by atoms with Gasteiger partial charge in [0, 0.05) is 18.2 Å². The molecule has 3 nitrogen and oxygen atoms in total. The summed E-state index contributed by atoms with van der Waals surface area (Å²) in [7, 11) is 1.74. The Balaban J connectivity index is 2.49. The molecule has 0 spiro atoms. The normalized spacial score (nSPS) is 12.7. The maximum atomic E-state index is 5.73. The van der Waals surface area contributed by atoms with Crippen LogP contribution in [-0.4, -0.2) is 19.7 Å². The van der Waals surface area contributed by atoms with Gasteiger partial charge in [-0.15, -0.1) is 0 Å². The van der Waals surface area contributed by atoms with E-state index in [1.54, 1.807) is 7.11 Å². The highest BCUT2D eigenvalue weighted by Crippen LogP contribution is 2.24. The lowest BCUT2D eigenvalue weighted by atomic mass is 10.0. The van der Waals surface area contributed by atoms with Crippen molar-refractivity contribution in [2.24, 2.45) is 5.73 Å². The van der Waals surface area contributed by atoms with Crippen LogP contribution in [0.1, 0.15) is 50.7 Å². The Labute approximate surface area is 117 Å². The van der Waals surface area contributed by atoms with E-state index >= 15 is 0 Å². The second kappa shape index (κ2) is 8.18. The molecule has 1 aromatic carbocycles. The molecule has 3 N–H and O–H groups in total. The minimum absolute atomic E-state index is 0.293. The van der Waals surface area contributed by atoms with Crippen molar-refractivity contribution in [3.05, 3.63) is 29.3 Å². The Morgan fingerprint density at radius 2 is 2.00 bits per heavy atom. The fourth-order valence-corrected chi connectivity index (χ4v) is 2.04. The molecule has 0 radical (unpaired) electrons. The first-order valence-corrected chi connectivity index (χ1v) is 7.17. The van der Waals surface area contributed by atoms with Crippen LogP contribution < -0.4 is 15.8 Å². The third-order valence-electron chi connectivity index (χ3n) is 3.31. The Morgan fingerprint density at radius 3 is 2.58 bits per heavy atom. The van der Waals surface area contributed by atoms with Gasteiger partial charge in [-0.2, -0.15) is 0 Å². The highest BCUT2D eigenvalue weighted by atomic mass is 16.5. The molecule has 1 unspecified atom stereocenters. The Hall–Kier alpha value is -1.06. The fourth-order valence-electron chi connectivity index (χ4n) is 2.04. The van der Waals surface area contributed by atoms with Crippen LogP contribution in [0.3, 0.4) is 0 Å². The maximum Gasteiger partial charge on any atom is 0.123 e. The van der Waals surface area contributed by atoms with Gasteiger partial charge < -0.3 is 15.8 Å². The molecule has 1 aromatic rings. The highest BCUT2D eigenvalue weighted by molar-refractivity contribution is 5.38. The molecule has 0 aliphatic rings. The van der Waals surface area contributed by atoms with Gasteiger partial charge in [0.05, 0.1) is 7.11 Å². The molecular weight excluding hydrogens is 236 g/mol. The Bertz CT molecular complexity index is 375. The molecule has 1 rings (SSSR count). The van der Waals surface area contributed by atoms with Crippen molar-refractivity contribution in [2.45, 2.75) is 52.1 Å². The topological polar surface area (TPSA) is 47.3 Å². The number of benzene rings is 1. The van der Waals surface area contributed by atoms with Gasteiger partial charge in [0.1, 0.15) is 5.75 Å². The summed E-state index contributed by atoms with van der Waals surface area (Å²) in [5.41, 5.74) is 8.26. The first-order valence-electron chi connectivity index (χ1n) is 7.17. The Kier molecular flexibility index (Phi) is 6.89. The number of nitrogens with two attached hydrogens (primary N) is 1. The standard InChI is InChI=1S/C16H28N2O/c1-12(2)14-7-8-15(16(10-14)19-4)11-18-9-5-6-13(3)17/h7-8,10,12-13,18H,5-6,9,11,17H2,1-4H3. The van der Waals surface area contributed by atoms with Gasteiger partial charge >= 0.3 is 0 Å². The number of nitrogens with one attached hydrogen (secondary N) is 1. The minimum Gasteiger partial charge on any atom is -0.496 e. The van der Waals surface area contributed by atoms with Crippen LogP contribution in [0.4, 0.5) is 0 Å². The highest BCUT2D eigenvalue weighted by Gasteiger charge is 2.06. The van der Waals surface area contributed by atoms with E-state index in [1.165, 1.54) is 11.1 Å². The molecule has 0 aliphatic carbocycles. The zero-order chi connectivity index (χ0) is 14.3. The van der Waals surface area contributed by atoms with E-state index in [1.807, 2.05) is 6.92 Å². The molecule has 0 heterocycles. The summed E-state index contributed by atoms with van der Waals surface area (Å²) in [5.74, 6) is 1.51. The lowest BCUT2D eigenvalue weighted by Crippen LogP contribution is -2.20. The third-order valence-corrected chi connectivity index (χ3v) is 3.31. The Morgan fingerprint density at radius 1 is 1.26 bits per heavy atom. The van der Waals surface area contributed by atoms with Gasteiger partial charge in [0.25, 0.3) is 0 Å². The zero-order valence-electron chi connectivity index (χ0n) is 12.7. The first kappa shape index (κ1) is 16.0. The largest absolute Gasteiger partial charge is 0.496 e. The van der Waals surface area contributed by atoms with Gasteiger partial charge in [-0.3, -0.25) is 0 Å². The van der Waals surface area contributed by atoms with E-state index in [0.717, 1.165) is 31.7 Å². The van der Waals surface area contributed by atoms with Crippen LogP contribution in [-0.2, 0) is 6.54 Å². The van der Waals surface area contributed by atoms with E-state index in [0.29, 0.717) is 12.0 Å². The number of hydrogen-bond acceptors (Lipinski definition) is 3. The SMILES string of the molecule is COc1cc(C(C)C)ccc1CNCCCC(C)N. The summed E-state index contributed by atoms with van der Waals surface area (Å²) in [6.07, 6.45) is 2.18. The monoisotopic (exact) mass is 264 g/mol. The van der Waals surface area contributed by atoms with Crippen LogP contribution in [0, 0.1) is 0 Å². The molecule has 1 atom stereocenters. The summed E-state index contributed by atoms with van der Waals surface area (Å²) in [4.78, 5) is 0. The van der Waals surface area contributed by atoms with Gasteiger partial charge in [0.2, 0.25) is 0 Å². The molecule has 108 valence electrons. The summed E-state index contributed by atoms with van der Waals surface area (Å²) < 4.78 is 5.47. The molecule has 3 heteroatoms. The average Bonchev–Trinajstić information content (AvgIpc) is 2.37. The number of rotatable bonds is 8. The summed E-state index contributed by atoms with van der Waals surface area (Å²) in [5, 5.41) is 3.44. The minimum atomic E-state index is 0.293.